The van der Waals surface area contributed by atoms with Crippen LogP contribution in [0.3, 0.4) is 0 Å². The van der Waals surface area contributed by atoms with Crippen LogP contribution in [-0.4, -0.2) is 17.4 Å². The maximum absolute atomic E-state index is 12.9. The summed E-state index contributed by atoms with van der Waals surface area (Å²) in [5.74, 6) is -5.12. The first-order chi connectivity index (χ1) is 7.40. The number of hydrogen-bond acceptors (Lipinski definition) is 3. The topological polar surface area (TPSA) is 72.2 Å². The van der Waals surface area contributed by atoms with Gasteiger partial charge in [0.25, 0.3) is 12.5 Å². The van der Waals surface area contributed by atoms with Crippen molar-refractivity contribution in [3.63, 3.8) is 0 Å². The highest BCUT2D eigenvalue weighted by Gasteiger charge is 2.15. The largest absolute Gasteiger partial charge is 0.318 e. The van der Waals surface area contributed by atoms with Crippen molar-refractivity contribution < 1.29 is 22.9 Å². The number of nitro groups is 1. The summed E-state index contributed by atoms with van der Waals surface area (Å²) in [4.78, 5) is 19.8. The van der Waals surface area contributed by atoms with Crippen molar-refractivity contribution in [2.75, 3.05) is 11.9 Å². The zero-order chi connectivity index (χ0) is 12.3. The van der Waals surface area contributed by atoms with E-state index in [1.807, 2.05) is 0 Å². The van der Waals surface area contributed by atoms with Gasteiger partial charge >= 0.3 is 0 Å². The van der Waals surface area contributed by atoms with Gasteiger partial charge in [-0.3, -0.25) is 14.9 Å². The molecule has 1 amide bonds. The first-order valence-corrected chi connectivity index (χ1v) is 3.96. The van der Waals surface area contributed by atoms with Crippen LogP contribution in [0.4, 0.5) is 18.9 Å². The minimum absolute atomic E-state index is 0.233. The van der Waals surface area contributed by atoms with Crippen LogP contribution in [0.1, 0.15) is 0 Å². The van der Waals surface area contributed by atoms with Gasteiger partial charge in [0, 0.05) is 17.1 Å². The molecule has 86 valence electrons. The SMILES string of the molecule is O=C(C[N+](=O)[O-])Nc1cc(F)c(F)cc1F. The van der Waals surface area contributed by atoms with Crippen LogP contribution in [-0.2, 0) is 4.79 Å². The highest BCUT2D eigenvalue weighted by atomic mass is 19.2. The molecule has 0 unspecified atom stereocenters. The molecule has 0 heterocycles. The lowest BCUT2D eigenvalue weighted by atomic mass is 10.3. The first kappa shape index (κ1) is 12.0. The number of halogens is 3. The van der Waals surface area contributed by atoms with Gasteiger partial charge in [0.15, 0.2) is 11.6 Å². The van der Waals surface area contributed by atoms with Crippen LogP contribution in [0.5, 0.6) is 0 Å². The normalized spacial score (nSPS) is 9.94. The Morgan fingerprint density at radius 3 is 2.38 bits per heavy atom. The zero-order valence-electron chi connectivity index (χ0n) is 7.67. The van der Waals surface area contributed by atoms with E-state index >= 15 is 0 Å². The van der Waals surface area contributed by atoms with E-state index in [1.165, 1.54) is 0 Å². The second kappa shape index (κ2) is 4.60. The molecule has 0 fully saturated rings. The lowest BCUT2D eigenvalue weighted by Gasteiger charge is -2.04. The number of carbonyl (C=O) groups is 1. The van der Waals surface area contributed by atoms with Gasteiger partial charge in [0.2, 0.25) is 0 Å². The summed E-state index contributed by atoms with van der Waals surface area (Å²) < 4.78 is 38.1. The molecular weight excluding hydrogens is 229 g/mol. The third kappa shape index (κ3) is 2.94. The second-order valence-electron chi connectivity index (χ2n) is 2.79. The van der Waals surface area contributed by atoms with Crippen LogP contribution < -0.4 is 5.32 Å². The van der Waals surface area contributed by atoms with E-state index in [9.17, 15) is 28.1 Å². The molecule has 0 atom stereocenters. The molecule has 0 aliphatic carbocycles. The molecule has 0 spiro atoms. The predicted octanol–water partition coefficient (Wildman–Crippen LogP) is 1.32. The standard InChI is InChI=1S/C8H5F3N2O3/c9-4-1-6(11)7(2-5(4)10)12-8(14)3-13(15)16/h1-2H,3H2,(H,12,14). The minimum Gasteiger partial charge on any atom is -0.318 e. The van der Waals surface area contributed by atoms with Gasteiger partial charge in [-0.15, -0.1) is 0 Å². The average molecular weight is 234 g/mol. The molecule has 0 radical (unpaired) electrons. The lowest BCUT2D eigenvalue weighted by Crippen LogP contribution is -2.22. The van der Waals surface area contributed by atoms with Gasteiger partial charge in [-0.05, 0) is 0 Å². The second-order valence-corrected chi connectivity index (χ2v) is 2.79. The minimum atomic E-state index is -1.41. The molecule has 8 heteroatoms. The Balaban J connectivity index is 2.85. The Bertz CT molecular complexity index is 450. The number of anilines is 1. The van der Waals surface area contributed by atoms with Crippen LogP contribution >= 0.6 is 0 Å². The molecule has 1 rings (SSSR count). The number of hydrogen-bond donors (Lipinski definition) is 1. The number of nitrogens with one attached hydrogen (secondary N) is 1. The van der Waals surface area contributed by atoms with E-state index in [2.05, 4.69) is 0 Å². The maximum atomic E-state index is 12.9. The third-order valence-electron chi connectivity index (χ3n) is 1.56. The van der Waals surface area contributed by atoms with Gasteiger partial charge in [0.05, 0.1) is 5.69 Å². The Hall–Kier alpha value is -2.12. The van der Waals surface area contributed by atoms with Crippen molar-refractivity contribution in [1.29, 1.82) is 0 Å². The zero-order valence-corrected chi connectivity index (χ0v) is 7.67. The Kier molecular flexibility index (Phi) is 3.44. The van der Waals surface area contributed by atoms with E-state index in [0.29, 0.717) is 6.07 Å². The molecule has 1 aromatic rings. The van der Waals surface area contributed by atoms with Crippen molar-refractivity contribution in [3.8, 4) is 0 Å². The Morgan fingerprint density at radius 1 is 1.25 bits per heavy atom. The summed E-state index contributed by atoms with van der Waals surface area (Å²) in [7, 11) is 0. The van der Waals surface area contributed by atoms with E-state index in [1.54, 1.807) is 5.32 Å². The quantitative estimate of drug-likeness (QED) is 0.487. The van der Waals surface area contributed by atoms with Gasteiger partial charge in [-0.1, -0.05) is 0 Å². The Labute approximate surface area is 87.0 Å². The van der Waals surface area contributed by atoms with E-state index in [0.717, 1.165) is 0 Å². The van der Waals surface area contributed by atoms with Gasteiger partial charge in [-0.25, -0.2) is 13.2 Å². The van der Waals surface area contributed by atoms with Crippen molar-refractivity contribution in [2.45, 2.75) is 0 Å². The fraction of sp³-hybridized carbons (Fsp3) is 0.125. The summed E-state index contributed by atoms with van der Waals surface area (Å²) in [6, 6.07) is 0.639. The molecule has 0 saturated heterocycles. The number of nitrogens with zero attached hydrogens (tertiary/aromatic N) is 1. The van der Waals surface area contributed by atoms with Crippen LogP contribution in [0.2, 0.25) is 0 Å². The molecule has 1 N–H and O–H groups in total. The molecule has 0 aliphatic rings. The fourth-order valence-corrected chi connectivity index (χ4v) is 0.925. The van der Waals surface area contributed by atoms with E-state index < -0.39 is 40.5 Å². The summed E-state index contributed by atoms with van der Waals surface area (Å²) in [5.41, 5.74) is -0.647. The number of benzene rings is 1. The number of rotatable bonds is 3. The van der Waals surface area contributed by atoms with Crippen molar-refractivity contribution in [1.82, 2.24) is 0 Å². The number of amides is 1. The summed E-state index contributed by atoms with van der Waals surface area (Å²) >= 11 is 0. The van der Waals surface area contributed by atoms with Gasteiger partial charge in [0.1, 0.15) is 5.82 Å². The molecule has 0 saturated carbocycles. The molecule has 0 aliphatic heterocycles. The fourth-order valence-electron chi connectivity index (χ4n) is 0.925. The van der Waals surface area contributed by atoms with Crippen LogP contribution in [0.15, 0.2) is 12.1 Å². The average Bonchev–Trinajstić information content (AvgIpc) is 2.12. The molecule has 0 bridgehead atoms. The maximum Gasteiger partial charge on any atom is 0.296 e. The highest BCUT2D eigenvalue weighted by molar-refractivity contribution is 5.91. The van der Waals surface area contributed by atoms with Crippen molar-refractivity contribution >= 4 is 11.6 Å². The van der Waals surface area contributed by atoms with Gasteiger partial charge in [-0.2, -0.15) is 0 Å². The molecule has 16 heavy (non-hydrogen) atoms. The summed E-state index contributed by atoms with van der Waals surface area (Å²) in [6.07, 6.45) is 0. The molecule has 1 aromatic carbocycles. The summed E-state index contributed by atoms with van der Waals surface area (Å²) in [6.45, 7) is -1.08. The molecule has 5 nitrogen and oxygen atoms in total. The van der Waals surface area contributed by atoms with E-state index in [4.69, 9.17) is 0 Å². The summed E-state index contributed by atoms with van der Waals surface area (Å²) in [5, 5.41) is 11.7. The predicted molar refractivity (Wildman–Crippen MR) is 46.8 cm³/mol. The number of carbonyl (C=O) groups excluding carboxylic acids is 1. The monoisotopic (exact) mass is 234 g/mol. The van der Waals surface area contributed by atoms with Crippen LogP contribution in [0, 0.1) is 27.6 Å². The van der Waals surface area contributed by atoms with Crippen molar-refractivity contribution in [2.24, 2.45) is 0 Å². The Morgan fingerprint density at radius 2 is 1.81 bits per heavy atom. The molecule has 0 aromatic heterocycles. The van der Waals surface area contributed by atoms with Crippen molar-refractivity contribution in [3.05, 3.63) is 39.7 Å². The van der Waals surface area contributed by atoms with E-state index in [-0.39, 0.29) is 6.07 Å². The smallest absolute Gasteiger partial charge is 0.296 e. The highest BCUT2D eigenvalue weighted by Crippen LogP contribution is 2.18. The lowest BCUT2D eigenvalue weighted by molar-refractivity contribution is -0.467. The molecular formula is C8H5F3N2O3. The van der Waals surface area contributed by atoms with Crippen LogP contribution in [0.25, 0.3) is 0 Å². The van der Waals surface area contributed by atoms with Gasteiger partial charge < -0.3 is 5.32 Å². The first-order valence-electron chi connectivity index (χ1n) is 3.96. The third-order valence-corrected chi connectivity index (χ3v) is 1.56.